The number of rotatable bonds is 3. The first-order chi connectivity index (χ1) is 8.53. The van der Waals surface area contributed by atoms with Crippen molar-refractivity contribution < 1.29 is 0 Å². The van der Waals surface area contributed by atoms with Crippen molar-refractivity contribution in [2.45, 2.75) is 43.7 Å². The van der Waals surface area contributed by atoms with Crippen LogP contribution in [0.3, 0.4) is 0 Å². The van der Waals surface area contributed by atoms with Gasteiger partial charge in [0.1, 0.15) is 5.54 Å². The van der Waals surface area contributed by atoms with Gasteiger partial charge in [-0.15, -0.1) is 11.8 Å². The standard InChI is InChI=1S/C15H20N2S/c1-15(2,11-16)17(3)10-12-6-7-14-13(9-12)5-4-8-18-14/h6-7,9H,4-5,8,10H2,1-3H3. The van der Waals surface area contributed by atoms with E-state index in [0.29, 0.717) is 0 Å². The highest BCUT2D eigenvalue weighted by Gasteiger charge is 2.23. The molecule has 1 aromatic rings. The highest BCUT2D eigenvalue weighted by atomic mass is 32.2. The van der Waals surface area contributed by atoms with Crippen molar-refractivity contribution in [3.8, 4) is 6.07 Å². The van der Waals surface area contributed by atoms with Crippen molar-refractivity contribution in [3.63, 3.8) is 0 Å². The van der Waals surface area contributed by atoms with Crippen molar-refractivity contribution in [2.75, 3.05) is 12.8 Å². The first kappa shape index (κ1) is 13.5. The van der Waals surface area contributed by atoms with E-state index in [0.717, 1.165) is 6.54 Å². The molecule has 0 spiro atoms. The Labute approximate surface area is 114 Å². The number of nitrogens with zero attached hydrogens (tertiary/aromatic N) is 2. The van der Waals surface area contributed by atoms with E-state index >= 15 is 0 Å². The maximum absolute atomic E-state index is 9.14. The molecule has 0 aromatic heterocycles. The average molecular weight is 260 g/mol. The highest BCUT2D eigenvalue weighted by molar-refractivity contribution is 7.99. The van der Waals surface area contributed by atoms with Gasteiger partial charge in [0.2, 0.25) is 0 Å². The Kier molecular flexibility index (Phi) is 3.99. The summed E-state index contributed by atoms with van der Waals surface area (Å²) in [6.07, 6.45) is 2.47. The van der Waals surface area contributed by atoms with Gasteiger partial charge in [-0.25, -0.2) is 0 Å². The van der Waals surface area contributed by atoms with Gasteiger partial charge in [-0.3, -0.25) is 4.90 Å². The smallest absolute Gasteiger partial charge is 0.103 e. The minimum Gasteiger partial charge on any atom is -0.285 e. The van der Waals surface area contributed by atoms with Gasteiger partial charge >= 0.3 is 0 Å². The van der Waals surface area contributed by atoms with E-state index in [-0.39, 0.29) is 0 Å². The topological polar surface area (TPSA) is 27.0 Å². The Balaban J connectivity index is 2.13. The Morgan fingerprint density at radius 1 is 1.44 bits per heavy atom. The van der Waals surface area contributed by atoms with Gasteiger partial charge in [0.05, 0.1) is 6.07 Å². The molecule has 1 aliphatic heterocycles. The molecule has 96 valence electrons. The molecular weight excluding hydrogens is 240 g/mol. The second-order valence-corrected chi connectivity index (χ2v) is 6.56. The summed E-state index contributed by atoms with van der Waals surface area (Å²) in [6, 6.07) is 9.09. The van der Waals surface area contributed by atoms with Crippen LogP contribution in [-0.2, 0) is 13.0 Å². The lowest BCUT2D eigenvalue weighted by Gasteiger charge is -2.29. The van der Waals surface area contributed by atoms with E-state index in [2.05, 4.69) is 29.2 Å². The monoisotopic (exact) mass is 260 g/mol. The molecule has 0 saturated heterocycles. The second kappa shape index (κ2) is 5.34. The maximum atomic E-state index is 9.14. The molecule has 0 amide bonds. The van der Waals surface area contributed by atoms with Crippen LogP contribution in [-0.4, -0.2) is 23.2 Å². The fraction of sp³-hybridized carbons (Fsp3) is 0.533. The molecule has 1 aliphatic rings. The lowest BCUT2D eigenvalue weighted by molar-refractivity contribution is 0.203. The van der Waals surface area contributed by atoms with Crippen molar-refractivity contribution in [1.29, 1.82) is 5.26 Å². The molecule has 2 rings (SSSR count). The van der Waals surface area contributed by atoms with Crippen molar-refractivity contribution in [1.82, 2.24) is 4.90 Å². The fourth-order valence-corrected chi connectivity index (χ4v) is 3.09. The summed E-state index contributed by atoms with van der Waals surface area (Å²) >= 11 is 1.96. The van der Waals surface area contributed by atoms with Gasteiger partial charge in [0.15, 0.2) is 0 Å². The van der Waals surface area contributed by atoms with Crippen LogP contribution in [0.2, 0.25) is 0 Å². The Morgan fingerprint density at radius 3 is 2.94 bits per heavy atom. The zero-order valence-electron chi connectivity index (χ0n) is 11.4. The quantitative estimate of drug-likeness (QED) is 0.833. The molecule has 0 saturated carbocycles. The van der Waals surface area contributed by atoms with Gasteiger partial charge in [-0.2, -0.15) is 5.26 Å². The molecule has 3 heteroatoms. The third kappa shape index (κ3) is 2.88. The molecule has 1 aromatic carbocycles. The SMILES string of the molecule is CN(Cc1ccc2c(c1)CCCS2)C(C)(C)C#N. The van der Waals surface area contributed by atoms with Crippen molar-refractivity contribution >= 4 is 11.8 Å². The molecule has 0 fully saturated rings. The van der Waals surface area contributed by atoms with Crippen LogP contribution in [0.4, 0.5) is 0 Å². The zero-order chi connectivity index (χ0) is 13.2. The Morgan fingerprint density at radius 2 is 2.22 bits per heavy atom. The second-order valence-electron chi connectivity index (χ2n) is 5.42. The summed E-state index contributed by atoms with van der Waals surface area (Å²) in [5.74, 6) is 1.24. The number of hydrogen-bond acceptors (Lipinski definition) is 3. The largest absolute Gasteiger partial charge is 0.285 e. The number of hydrogen-bond donors (Lipinski definition) is 0. The lowest BCUT2D eigenvalue weighted by atomic mass is 10.0. The summed E-state index contributed by atoms with van der Waals surface area (Å²) in [5.41, 5.74) is 2.37. The van der Waals surface area contributed by atoms with Crippen molar-refractivity contribution in [2.24, 2.45) is 0 Å². The molecule has 0 unspecified atom stereocenters. The summed E-state index contributed by atoms with van der Waals surface area (Å²) in [6.45, 7) is 4.75. The van der Waals surface area contributed by atoms with E-state index in [1.54, 1.807) is 0 Å². The number of aryl methyl sites for hydroxylation is 1. The number of nitriles is 1. The van der Waals surface area contributed by atoms with Crippen LogP contribution in [0.1, 0.15) is 31.4 Å². The molecule has 0 N–H and O–H groups in total. The minimum atomic E-state index is -0.412. The first-order valence-electron chi connectivity index (χ1n) is 6.40. The average Bonchev–Trinajstić information content (AvgIpc) is 2.38. The summed E-state index contributed by atoms with van der Waals surface area (Å²) in [4.78, 5) is 3.54. The van der Waals surface area contributed by atoms with Gasteiger partial charge in [-0.05, 0) is 56.7 Å². The van der Waals surface area contributed by atoms with Crippen molar-refractivity contribution in [3.05, 3.63) is 29.3 Å². The van der Waals surface area contributed by atoms with E-state index in [9.17, 15) is 0 Å². The molecule has 1 heterocycles. The minimum absolute atomic E-state index is 0.412. The first-order valence-corrected chi connectivity index (χ1v) is 7.38. The van der Waals surface area contributed by atoms with Crippen LogP contribution in [0.15, 0.2) is 23.1 Å². The number of benzene rings is 1. The highest BCUT2D eigenvalue weighted by Crippen LogP contribution is 2.31. The zero-order valence-corrected chi connectivity index (χ0v) is 12.2. The fourth-order valence-electron chi connectivity index (χ4n) is 2.07. The van der Waals surface area contributed by atoms with Crippen LogP contribution < -0.4 is 0 Å². The molecule has 0 radical (unpaired) electrons. The van der Waals surface area contributed by atoms with Crippen LogP contribution >= 0.6 is 11.8 Å². The number of thioether (sulfide) groups is 1. The van der Waals surface area contributed by atoms with Crippen LogP contribution in [0, 0.1) is 11.3 Å². The maximum Gasteiger partial charge on any atom is 0.103 e. The third-order valence-corrected chi connectivity index (χ3v) is 4.82. The molecule has 0 atom stereocenters. The summed E-state index contributed by atoms with van der Waals surface area (Å²) in [7, 11) is 2.01. The Hall–Kier alpha value is -0.980. The van der Waals surface area contributed by atoms with E-state index in [1.165, 1.54) is 34.6 Å². The predicted molar refractivity (Wildman–Crippen MR) is 76.6 cm³/mol. The van der Waals surface area contributed by atoms with Gasteiger partial charge in [-0.1, -0.05) is 12.1 Å². The predicted octanol–water partition coefficient (Wildman–Crippen LogP) is 3.46. The molecule has 2 nitrogen and oxygen atoms in total. The van der Waals surface area contributed by atoms with E-state index in [4.69, 9.17) is 5.26 Å². The normalized spacial score (nSPS) is 15.3. The molecule has 0 aliphatic carbocycles. The van der Waals surface area contributed by atoms with Gasteiger partial charge < -0.3 is 0 Å². The Bertz CT molecular complexity index is 474. The van der Waals surface area contributed by atoms with Gasteiger partial charge in [0, 0.05) is 11.4 Å². The van der Waals surface area contributed by atoms with Gasteiger partial charge in [0.25, 0.3) is 0 Å². The van der Waals surface area contributed by atoms with Crippen LogP contribution in [0.5, 0.6) is 0 Å². The molecule has 18 heavy (non-hydrogen) atoms. The number of fused-ring (bicyclic) bond motifs is 1. The third-order valence-electron chi connectivity index (χ3n) is 3.62. The van der Waals surface area contributed by atoms with Crippen LogP contribution in [0.25, 0.3) is 0 Å². The van der Waals surface area contributed by atoms with E-state index in [1.807, 2.05) is 32.7 Å². The summed E-state index contributed by atoms with van der Waals surface area (Å²) in [5, 5.41) is 9.14. The lowest BCUT2D eigenvalue weighted by Crippen LogP contribution is -2.39. The summed E-state index contributed by atoms with van der Waals surface area (Å²) < 4.78 is 0. The molecule has 0 bridgehead atoms. The molecular formula is C15H20N2S. The van der Waals surface area contributed by atoms with E-state index < -0.39 is 5.54 Å².